The van der Waals surface area contributed by atoms with E-state index < -0.39 is 11.6 Å². The van der Waals surface area contributed by atoms with Crippen LogP contribution in [0.3, 0.4) is 0 Å². The maximum absolute atomic E-state index is 13.5. The molecule has 194 valence electrons. The summed E-state index contributed by atoms with van der Waals surface area (Å²) in [5.74, 6) is -0.590. The van der Waals surface area contributed by atoms with Crippen LogP contribution in [0.1, 0.15) is 39.9 Å². The number of hydrogen-bond donors (Lipinski definition) is 1. The van der Waals surface area contributed by atoms with Gasteiger partial charge in [0.25, 0.3) is 5.91 Å². The largest absolute Gasteiger partial charge is 0.457 e. The van der Waals surface area contributed by atoms with Crippen LogP contribution in [0.2, 0.25) is 0 Å². The minimum atomic E-state index is -0.685. The van der Waals surface area contributed by atoms with Crippen LogP contribution in [0.25, 0.3) is 11.3 Å². The summed E-state index contributed by atoms with van der Waals surface area (Å²) < 4.78 is 33.0. The van der Waals surface area contributed by atoms with E-state index in [0.717, 1.165) is 37.0 Å². The molecule has 5 rings (SSSR count). The maximum atomic E-state index is 13.5. The normalized spacial score (nSPS) is 13.4. The zero-order valence-electron chi connectivity index (χ0n) is 21.2. The predicted molar refractivity (Wildman–Crippen MR) is 143 cm³/mol. The Labute approximate surface area is 221 Å². The Hall–Kier alpha value is -4.10. The third-order valence-electron chi connectivity index (χ3n) is 6.72. The van der Waals surface area contributed by atoms with Crippen molar-refractivity contribution in [3.05, 3.63) is 113 Å². The molecule has 1 amide bonds. The second-order valence-corrected chi connectivity index (χ2v) is 9.55. The van der Waals surface area contributed by atoms with Crippen LogP contribution in [0.15, 0.2) is 79.0 Å². The van der Waals surface area contributed by atoms with E-state index in [9.17, 15) is 13.6 Å². The maximum Gasteiger partial charge on any atom is 0.251 e. The summed E-state index contributed by atoms with van der Waals surface area (Å²) in [7, 11) is 0. The SMILES string of the molecule is Cc1c(Oc2ccnc(-c3ccc(CN4CCCC4)cc3)c2)cccc1C(=O)NCc1cc(F)cc(F)c1. The topological polar surface area (TPSA) is 54.5 Å². The molecule has 0 saturated carbocycles. The number of nitrogens with zero attached hydrogens (tertiary/aromatic N) is 2. The molecule has 1 aliphatic heterocycles. The minimum absolute atomic E-state index is 0.00255. The van der Waals surface area contributed by atoms with Crippen molar-refractivity contribution in [2.45, 2.75) is 32.9 Å². The summed E-state index contributed by atoms with van der Waals surface area (Å²) in [4.78, 5) is 19.8. The lowest BCUT2D eigenvalue weighted by Gasteiger charge is -2.15. The molecule has 1 saturated heterocycles. The number of amides is 1. The lowest BCUT2D eigenvalue weighted by molar-refractivity contribution is 0.0950. The van der Waals surface area contributed by atoms with Gasteiger partial charge in [-0.2, -0.15) is 0 Å². The number of likely N-dealkylation sites (tertiary alicyclic amines) is 1. The number of ether oxygens (including phenoxy) is 1. The smallest absolute Gasteiger partial charge is 0.251 e. The number of rotatable bonds is 8. The molecule has 3 aromatic carbocycles. The first kappa shape index (κ1) is 25.5. The number of carbonyl (C=O) groups excluding carboxylic acids is 1. The van der Waals surface area contributed by atoms with Crippen molar-refractivity contribution < 1.29 is 18.3 Å². The summed E-state index contributed by atoms with van der Waals surface area (Å²) in [6.45, 7) is 5.10. The summed E-state index contributed by atoms with van der Waals surface area (Å²) in [6, 6.07) is 20.5. The number of hydrogen-bond acceptors (Lipinski definition) is 4. The van der Waals surface area contributed by atoms with Crippen molar-refractivity contribution in [3.63, 3.8) is 0 Å². The van der Waals surface area contributed by atoms with Crippen LogP contribution in [-0.2, 0) is 13.1 Å². The first-order chi connectivity index (χ1) is 18.4. The standard InChI is InChI=1S/C31H29F2N3O2/c1-21-28(31(37)35-19-23-15-25(32)17-26(33)16-23)5-4-6-30(21)38-27-11-12-34-29(18-27)24-9-7-22(8-10-24)20-36-13-2-3-14-36/h4-12,15-18H,2-3,13-14,19-20H2,1H3,(H,35,37). The Bertz CT molecular complexity index is 1410. The summed E-state index contributed by atoms with van der Waals surface area (Å²) >= 11 is 0. The minimum Gasteiger partial charge on any atom is -0.457 e. The van der Waals surface area contributed by atoms with Gasteiger partial charge in [-0.1, -0.05) is 30.3 Å². The molecular formula is C31H29F2N3O2. The van der Waals surface area contributed by atoms with E-state index in [1.165, 1.54) is 30.5 Å². The number of benzene rings is 3. The first-order valence-corrected chi connectivity index (χ1v) is 12.7. The molecular weight excluding hydrogens is 484 g/mol. The predicted octanol–water partition coefficient (Wildman–Crippen LogP) is 6.65. The van der Waals surface area contributed by atoms with Crippen LogP contribution in [0.5, 0.6) is 11.5 Å². The van der Waals surface area contributed by atoms with Crippen LogP contribution < -0.4 is 10.1 Å². The van der Waals surface area contributed by atoms with Crippen LogP contribution in [-0.4, -0.2) is 28.9 Å². The van der Waals surface area contributed by atoms with Crippen molar-refractivity contribution in [1.29, 1.82) is 0 Å². The molecule has 0 spiro atoms. The Kier molecular flexibility index (Phi) is 7.75. The third-order valence-corrected chi connectivity index (χ3v) is 6.72. The van der Waals surface area contributed by atoms with Gasteiger partial charge in [0.05, 0.1) is 5.69 Å². The van der Waals surface area contributed by atoms with Crippen LogP contribution in [0.4, 0.5) is 8.78 Å². The van der Waals surface area contributed by atoms with E-state index in [0.29, 0.717) is 28.2 Å². The van der Waals surface area contributed by atoms with Crippen molar-refractivity contribution in [1.82, 2.24) is 15.2 Å². The molecule has 0 unspecified atom stereocenters. The van der Waals surface area contributed by atoms with E-state index in [4.69, 9.17) is 4.74 Å². The lowest BCUT2D eigenvalue weighted by atomic mass is 10.1. The average molecular weight is 514 g/mol. The molecule has 1 aliphatic rings. The zero-order chi connectivity index (χ0) is 26.5. The highest BCUT2D eigenvalue weighted by molar-refractivity contribution is 5.96. The molecule has 1 fully saturated rings. The highest BCUT2D eigenvalue weighted by Gasteiger charge is 2.15. The van der Waals surface area contributed by atoms with Gasteiger partial charge in [-0.15, -0.1) is 0 Å². The van der Waals surface area contributed by atoms with Gasteiger partial charge in [0.1, 0.15) is 23.1 Å². The molecule has 0 bridgehead atoms. The van der Waals surface area contributed by atoms with Crippen molar-refractivity contribution in [3.8, 4) is 22.8 Å². The molecule has 38 heavy (non-hydrogen) atoms. The molecule has 1 aromatic heterocycles. The molecule has 5 nitrogen and oxygen atoms in total. The number of nitrogens with one attached hydrogen (secondary N) is 1. The number of carbonyl (C=O) groups is 1. The van der Waals surface area contributed by atoms with Gasteiger partial charge in [0, 0.05) is 48.1 Å². The molecule has 0 atom stereocenters. The van der Waals surface area contributed by atoms with Crippen LogP contribution in [0, 0.1) is 18.6 Å². The van der Waals surface area contributed by atoms with Gasteiger partial charge in [-0.3, -0.25) is 14.7 Å². The van der Waals surface area contributed by atoms with E-state index in [1.54, 1.807) is 37.4 Å². The quantitative estimate of drug-likeness (QED) is 0.287. The second kappa shape index (κ2) is 11.5. The Morgan fingerprint density at radius 3 is 2.42 bits per heavy atom. The van der Waals surface area contributed by atoms with Crippen molar-refractivity contribution in [2.24, 2.45) is 0 Å². The fourth-order valence-corrected chi connectivity index (χ4v) is 4.70. The van der Waals surface area contributed by atoms with E-state index in [1.807, 2.05) is 6.07 Å². The summed E-state index contributed by atoms with van der Waals surface area (Å²) in [6.07, 6.45) is 4.25. The molecule has 7 heteroatoms. The van der Waals surface area contributed by atoms with Gasteiger partial charge >= 0.3 is 0 Å². The molecule has 4 aromatic rings. The van der Waals surface area contributed by atoms with Crippen LogP contribution >= 0.6 is 0 Å². The van der Waals surface area contributed by atoms with Crippen molar-refractivity contribution >= 4 is 5.91 Å². The van der Waals surface area contributed by atoms with Gasteiger partial charge in [-0.05, 0) is 74.3 Å². The Morgan fingerprint density at radius 2 is 1.68 bits per heavy atom. The Morgan fingerprint density at radius 1 is 0.947 bits per heavy atom. The van der Waals surface area contributed by atoms with E-state index >= 15 is 0 Å². The fraction of sp³-hybridized carbons (Fsp3) is 0.226. The molecule has 2 heterocycles. The van der Waals surface area contributed by atoms with E-state index in [2.05, 4.69) is 39.5 Å². The summed E-state index contributed by atoms with van der Waals surface area (Å²) in [5.41, 5.74) is 4.50. The van der Waals surface area contributed by atoms with E-state index in [-0.39, 0.29) is 12.5 Å². The van der Waals surface area contributed by atoms with Gasteiger partial charge in [-0.25, -0.2) is 8.78 Å². The van der Waals surface area contributed by atoms with Gasteiger partial charge in [0.2, 0.25) is 0 Å². The lowest BCUT2D eigenvalue weighted by Crippen LogP contribution is -2.23. The number of aromatic nitrogens is 1. The average Bonchev–Trinajstić information content (AvgIpc) is 3.42. The number of halogens is 2. The highest BCUT2D eigenvalue weighted by atomic mass is 19.1. The molecule has 0 radical (unpaired) electrons. The number of pyridine rings is 1. The second-order valence-electron chi connectivity index (χ2n) is 9.55. The highest BCUT2D eigenvalue weighted by Crippen LogP contribution is 2.30. The van der Waals surface area contributed by atoms with Crippen molar-refractivity contribution in [2.75, 3.05) is 13.1 Å². The zero-order valence-corrected chi connectivity index (χ0v) is 21.2. The third kappa shape index (κ3) is 6.23. The Balaban J connectivity index is 1.26. The first-order valence-electron chi connectivity index (χ1n) is 12.7. The summed E-state index contributed by atoms with van der Waals surface area (Å²) in [5, 5.41) is 2.72. The van der Waals surface area contributed by atoms with Gasteiger partial charge < -0.3 is 10.1 Å². The molecule has 0 aliphatic carbocycles. The monoisotopic (exact) mass is 513 g/mol. The van der Waals surface area contributed by atoms with Gasteiger partial charge in [0.15, 0.2) is 0 Å². The fourth-order valence-electron chi connectivity index (χ4n) is 4.70. The molecule has 1 N–H and O–H groups in total.